The molecule has 0 aliphatic rings. The van der Waals surface area contributed by atoms with Crippen LogP contribution in [0.2, 0.25) is 0 Å². The fourth-order valence-corrected chi connectivity index (χ4v) is 3.30. The summed E-state index contributed by atoms with van der Waals surface area (Å²) in [5.41, 5.74) is 0. The first kappa shape index (κ1) is 22.8. The van der Waals surface area contributed by atoms with Crippen molar-refractivity contribution in [2.45, 2.75) is 78.6 Å². The van der Waals surface area contributed by atoms with E-state index < -0.39 is 0 Å². The molecular weight excluding hydrogens is 289 g/mol. The molecule has 124 valence electrons. The molecule has 0 fully saturated rings. The van der Waals surface area contributed by atoms with Gasteiger partial charge in [0.2, 0.25) is 0 Å². The van der Waals surface area contributed by atoms with Crippen molar-refractivity contribution in [2.24, 2.45) is 0 Å². The van der Waals surface area contributed by atoms with Crippen molar-refractivity contribution in [1.29, 1.82) is 0 Å². The van der Waals surface area contributed by atoms with E-state index in [-0.39, 0.29) is 12.4 Å². The van der Waals surface area contributed by atoms with Crippen LogP contribution in [0.5, 0.6) is 0 Å². The molecule has 0 radical (unpaired) electrons. The number of hydrogen-bond acceptors (Lipinski definition) is 0. The first-order valence-electron chi connectivity index (χ1n) is 8.65. The highest BCUT2D eigenvalue weighted by molar-refractivity contribution is 6.17. The van der Waals surface area contributed by atoms with Gasteiger partial charge in [-0.3, -0.25) is 0 Å². The maximum atomic E-state index is 6.11. The zero-order valence-electron chi connectivity index (χ0n) is 14.1. The molecule has 0 saturated carbocycles. The van der Waals surface area contributed by atoms with Crippen LogP contribution < -0.4 is 12.4 Å². The Morgan fingerprint density at radius 1 is 0.600 bits per heavy atom. The third-order valence-electron chi connectivity index (χ3n) is 4.27. The highest BCUT2D eigenvalue weighted by Gasteiger charge is 2.25. The Bertz CT molecular complexity index is 159. The van der Waals surface area contributed by atoms with Crippen LogP contribution in [-0.4, -0.2) is 36.5 Å². The van der Waals surface area contributed by atoms with Crippen molar-refractivity contribution in [3.05, 3.63) is 0 Å². The van der Waals surface area contributed by atoms with Gasteiger partial charge in [-0.1, -0.05) is 40.0 Å². The molecule has 0 aliphatic carbocycles. The molecule has 0 unspecified atom stereocenters. The second-order valence-electron chi connectivity index (χ2n) is 6.05. The van der Waals surface area contributed by atoms with E-state index in [1.165, 1.54) is 88.4 Å². The molecule has 0 spiro atoms. The lowest BCUT2D eigenvalue weighted by Crippen LogP contribution is -3.00. The Balaban J connectivity index is 0. The van der Waals surface area contributed by atoms with Gasteiger partial charge in [0.1, 0.15) is 0 Å². The van der Waals surface area contributed by atoms with Crippen LogP contribution in [0.3, 0.4) is 0 Å². The summed E-state index contributed by atoms with van der Waals surface area (Å²) in [6, 6.07) is 0. The van der Waals surface area contributed by atoms with Crippen LogP contribution in [0.15, 0.2) is 0 Å². The molecule has 0 amide bonds. The molecule has 0 aliphatic heterocycles. The van der Waals surface area contributed by atoms with Gasteiger partial charge in [-0.2, -0.15) is 0 Å². The summed E-state index contributed by atoms with van der Waals surface area (Å²) in [6.45, 7) is 12.1. The van der Waals surface area contributed by atoms with E-state index in [0.717, 1.165) is 5.88 Å². The van der Waals surface area contributed by atoms with Crippen molar-refractivity contribution in [3.8, 4) is 0 Å². The minimum Gasteiger partial charge on any atom is -1.00 e. The molecule has 0 aromatic carbocycles. The van der Waals surface area contributed by atoms with Gasteiger partial charge in [0.25, 0.3) is 0 Å². The average molecular weight is 326 g/mol. The highest BCUT2D eigenvalue weighted by Crippen LogP contribution is 2.16. The molecule has 0 aromatic rings. The summed E-state index contributed by atoms with van der Waals surface area (Å²) in [5.74, 6) is 0.824. The molecular formula is C17H37Cl2N. The monoisotopic (exact) mass is 325 g/mol. The van der Waals surface area contributed by atoms with Crippen LogP contribution in [0.4, 0.5) is 0 Å². The lowest BCUT2D eigenvalue weighted by Gasteiger charge is -2.39. The summed E-state index contributed by atoms with van der Waals surface area (Å²) < 4.78 is 1.30. The van der Waals surface area contributed by atoms with Gasteiger partial charge in [-0.15, -0.1) is 11.6 Å². The van der Waals surface area contributed by atoms with Gasteiger partial charge in [0.15, 0.2) is 0 Å². The van der Waals surface area contributed by atoms with Crippen molar-refractivity contribution >= 4 is 11.6 Å². The summed E-state index contributed by atoms with van der Waals surface area (Å²) in [7, 11) is 0. The molecule has 0 saturated heterocycles. The number of nitrogens with zero attached hydrogens (tertiary/aromatic N) is 1. The number of alkyl halides is 1. The predicted molar refractivity (Wildman–Crippen MR) is 89.0 cm³/mol. The van der Waals surface area contributed by atoms with E-state index in [2.05, 4.69) is 20.8 Å². The summed E-state index contributed by atoms with van der Waals surface area (Å²) in [4.78, 5) is 0. The molecule has 0 bridgehead atoms. The van der Waals surface area contributed by atoms with Gasteiger partial charge in [0.05, 0.1) is 32.1 Å². The minimum absolute atomic E-state index is 0. The Labute approximate surface area is 139 Å². The molecule has 3 heteroatoms. The van der Waals surface area contributed by atoms with Gasteiger partial charge in [-0.05, 0) is 38.5 Å². The van der Waals surface area contributed by atoms with Crippen molar-refractivity contribution < 1.29 is 16.9 Å². The van der Waals surface area contributed by atoms with Crippen LogP contribution in [0.1, 0.15) is 78.6 Å². The summed E-state index contributed by atoms with van der Waals surface area (Å²) in [6.07, 6.45) is 12.3. The lowest BCUT2D eigenvalue weighted by molar-refractivity contribution is -0.926. The molecule has 0 N–H and O–H groups in total. The summed E-state index contributed by atoms with van der Waals surface area (Å²) in [5, 5.41) is 0. The predicted octanol–water partition coefficient (Wildman–Crippen LogP) is 2.62. The smallest absolute Gasteiger partial charge is 0.0924 e. The van der Waals surface area contributed by atoms with Gasteiger partial charge in [-0.25, -0.2) is 0 Å². The third-order valence-corrected chi connectivity index (χ3v) is 4.44. The topological polar surface area (TPSA) is 0 Å². The molecule has 0 atom stereocenters. The maximum absolute atomic E-state index is 6.11. The molecule has 0 rings (SSSR count). The van der Waals surface area contributed by atoms with Gasteiger partial charge < -0.3 is 16.9 Å². The zero-order valence-corrected chi connectivity index (χ0v) is 15.6. The van der Waals surface area contributed by atoms with Gasteiger partial charge >= 0.3 is 0 Å². The first-order valence-corrected chi connectivity index (χ1v) is 9.19. The van der Waals surface area contributed by atoms with E-state index in [1.54, 1.807) is 0 Å². The van der Waals surface area contributed by atoms with Crippen molar-refractivity contribution in [3.63, 3.8) is 0 Å². The molecule has 20 heavy (non-hydrogen) atoms. The maximum Gasteiger partial charge on any atom is 0.0924 e. The SMILES string of the molecule is CCCCC[N+](CCCl)(CCCCC)CCCCC.[Cl-]. The molecule has 0 aromatic heterocycles. The Kier molecular flexibility index (Phi) is 18.2. The fraction of sp³-hybridized carbons (Fsp3) is 1.00. The summed E-state index contributed by atoms with van der Waals surface area (Å²) >= 11 is 6.11. The quantitative estimate of drug-likeness (QED) is 0.261. The van der Waals surface area contributed by atoms with Crippen LogP contribution >= 0.6 is 11.6 Å². The number of unbranched alkanes of at least 4 members (excludes halogenated alkanes) is 6. The van der Waals surface area contributed by atoms with Crippen molar-refractivity contribution in [1.82, 2.24) is 0 Å². The van der Waals surface area contributed by atoms with E-state index in [1.807, 2.05) is 0 Å². The Morgan fingerprint density at radius 2 is 0.950 bits per heavy atom. The van der Waals surface area contributed by atoms with E-state index in [9.17, 15) is 0 Å². The second-order valence-corrected chi connectivity index (χ2v) is 6.42. The van der Waals surface area contributed by atoms with Gasteiger partial charge in [0, 0.05) is 0 Å². The number of rotatable bonds is 14. The Morgan fingerprint density at radius 3 is 1.20 bits per heavy atom. The molecule has 0 heterocycles. The van der Waals surface area contributed by atoms with E-state index in [0.29, 0.717) is 0 Å². The minimum atomic E-state index is 0. The van der Waals surface area contributed by atoms with Crippen LogP contribution in [-0.2, 0) is 0 Å². The highest BCUT2D eigenvalue weighted by atomic mass is 35.5. The Hall–Kier alpha value is 0.540. The first-order chi connectivity index (χ1) is 9.24. The standard InChI is InChI=1S/C17H37ClN.ClH/c1-4-7-10-14-19(17-13-18,15-11-8-5-2)16-12-9-6-3;/h4-17H2,1-3H3;1H/q+1;/p-1. The fourth-order valence-electron chi connectivity index (χ4n) is 2.94. The van der Waals surface area contributed by atoms with Crippen molar-refractivity contribution in [2.75, 3.05) is 32.1 Å². The lowest BCUT2D eigenvalue weighted by atomic mass is 10.1. The van der Waals surface area contributed by atoms with Crippen LogP contribution in [0, 0.1) is 0 Å². The van der Waals surface area contributed by atoms with E-state index >= 15 is 0 Å². The largest absolute Gasteiger partial charge is 1.00 e. The number of quaternary nitrogens is 1. The third kappa shape index (κ3) is 11.2. The second kappa shape index (κ2) is 15.9. The van der Waals surface area contributed by atoms with Crippen LogP contribution in [0.25, 0.3) is 0 Å². The van der Waals surface area contributed by atoms with E-state index in [4.69, 9.17) is 11.6 Å². The zero-order chi connectivity index (χ0) is 14.4. The normalized spacial score (nSPS) is 11.4. The number of hydrogen-bond donors (Lipinski definition) is 0. The number of halogens is 2. The average Bonchev–Trinajstić information content (AvgIpc) is 2.40. The molecule has 1 nitrogen and oxygen atoms in total.